The van der Waals surface area contributed by atoms with Crippen LogP contribution in [0.15, 0.2) is 82.2 Å². The van der Waals surface area contributed by atoms with E-state index in [4.69, 9.17) is 0 Å². The van der Waals surface area contributed by atoms with Crippen LogP contribution < -0.4 is 5.69 Å². The Morgan fingerprint density at radius 3 is 2.43 bits per heavy atom. The third-order valence-electron chi connectivity index (χ3n) is 6.65. The molecule has 0 spiro atoms. The van der Waals surface area contributed by atoms with E-state index in [2.05, 4.69) is 73.8 Å². The monoisotopic (exact) mass is 556 g/mol. The number of benzene rings is 3. The zero-order valence-electron chi connectivity index (χ0n) is 21.0. The number of unbranched alkanes of at least 4 members (excludes halogenated alkanes) is 2. The van der Waals surface area contributed by atoms with E-state index in [0.717, 1.165) is 69.4 Å². The van der Waals surface area contributed by atoms with Crippen molar-refractivity contribution in [3.05, 3.63) is 105 Å². The van der Waals surface area contributed by atoms with Crippen LogP contribution in [0, 0.1) is 6.92 Å². The molecule has 0 aliphatic carbocycles. The van der Waals surface area contributed by atoms with Gasteiger partial charge >= 0.3 is 5.69 Å². The van der Waals surface area contributed by atoms with Crippen LogP contribution in [0.2, 0.25) is 0 Å². The molecule has 5 aromatic rings. The van der Waals surface area contributed by atoms with Crippen LogP contribution in [0.4, 0.5) is 0 Å². The second-order valence-electron chi connectivity index (χ2n) is 9.20. The molecule has 0 bridgehead atoms. The fourth-order valence-electron chi connectivity index (χ4n) is 4.72. The van der Waals surface area contributed by atoms with Gasteiger partial charge in [0.05, 0.1) is 12.2 Å². The number of hydrogen-bond acceptors (Lipinski definition) is 4. The molecule has 0 saturated carbocycles. The summed E-state index contributed by atoms with van der Waals surface area (Å²) in [5.41, 5.74) is 7.06. The molecule has 37 heavy (non-hydrogen) atoms. The molecule has 0 aliphatic heterocycles. The molecule has 7 nitrogen and oxygen atoms in total. The van der Waals surface area contributed by atoms with Crippen LogP contribution >= 0.6 is 15.9 Å². The molecule has 5 rings (SSSR count). The molecule has 2 aromatic heterocycles. The van der Waals surface area contributed by atoms with Gasteiger partial charge in [-0.25, -0.2) is 4.79 Å². The number of nitrogens with one attached hydrogen (secondary N) is 1. The van der Waals surface area contributed by atoms with E-state index in [1.807, 2.05) is 54.1 Å². The molecular weight excluding hydrogens is 528 g/mol. The van der Waals surface area contributed by atoms with E-state index in [0.29, 0.717) is 12.4 Å². The first-order chi connectivity index (χ1) is 18.1. The van der Waals surface area contributed by atoms with Gasteiger partial charge in [0.25, 0.3) is 0 Å². The number of H-pyrrole nitrogens is 1. The smallest absolute Gasteiger partial charge is 0.292 e. The predicted octanol–water partition coefficient (Wildman–Crippen LogP) is 6.34. The Morgan fingerprint density at radius 1 is 0.946 bits per heavy atom. The highest BCUT2D eigenvalue weighted by atomic mass is 79.9. The van der Waals surface area contributed by atoms with Gasteiger partial charge in [-0.2, -0.15) is 5.21 Å². The molecular formula is C29H29BrN6O. The largest absolute Gasteiger partial charge is 0.333 e. The third-order valence-corrected chi connectivity index (χ3v) is 7.29. The Hall–Kier alpha value is -3.78. The Morgan fingerprint density at radius 2 is 1.73 bits per heavy atom. The number of aromatic amines is 1. The molecule has 3 aromatic carbocycles. The fraction of sp³-hybridized carbons (Fsp3) is 0.241. The first-order valence-corrected chi connectivity index (χ1v) is 13.3. The van der Waals surface area contributed by atoms with Gasteiger partial charge in [-0.3, -0.25) is 9.13 Å². The van der Waals surface area contributed by atoms with E-state index >= 15 is 0 Å². The molecule has 0 aliphatic rings. The van der Waals surface area contributed by atoms with Crippen molar-refractivity contribution in [3.63, 3.8) is 0 Å². The van der Waals surface area contributed by atoms with Gasteiger partial charge < -0.3 is 0 Å². The molecule has 0 unspecified atom stereocenters. The van der Waals surface area contributed by atoms with Crippen molar-refractivity contribution in [2.45, 2.75) is 46.1 Å². The highest BCUT2D eigenvalue weighted by Crippen LogP contribution is 2.30. The Bertz CT molecular complexity index is 1530. The maximum Gasteiger partial charge on any atom is 0.333 e. The average Bonchev–Trinajstić information content (AvgIpc) is 3.55. The quantitative estimate of drug-likeness (QED) is 0.215. The fourth-order valence-corrected chi connectivity index (χ4v) is 5.37. The predicted molar refractivity (Wildman–Crippen MR) is 150 cm³/mol. The van der Waals surface area contributed by atoms with Crippen molar-refractivity contribution in [2.75, 3.05) is 0 Å². The summed E-state index contributed by atoms with van der Waals surface area (Å²) >= 11 is 3.65. The number of rotatable bonds is 9. The molecule has 0 saturated heterocycles. The van der Waals surface area contributed by atoms with Crippen LogP contribution in [0.5, 0.6) is 0 Å². The SMILES string of the molecule is CCCCCc1cn(-c2c(C)cccc2Br)c(=O)n1Cc1ccc(-c2ccccc2-c2nn[nH]n2)cc1. The van der Waals surface area contributed by atoms with Gasteiger partial charge in [-0.05, 0) is 69.2 Å². The van der Waals surface area contributed by atoms with Gasteiger partial charge in [0.1, 0.15) is 0 Å². The van der Waals surface area contributed by atoms with Crippen LogP contribution in [0.1, 0.15) is 43.0 Å². The van der Waals surface area contributed by atoms with Gasteiger partial charge in [-0.15, -0.1) is 10.2 Å². The number of hydrogen-bond donors (Lipinski definition) is 1. The zero-order chi connectivity index (χ0) is 25.8. The molecule has 0 amide bonds. The summed E-state index contributed by atoms with van der Waals surface area (Å²) in [7, 11) is 0. The summed E-state index contributed by atoms with van der Waals surface area (Å²) in [5.74, 6) is 0.562. The zero-order valence-corrected chi connectivity index (χ0v) is 22.6. The van der Waals surface area contributed by atoms with Crippen molar-refractivity contribution in [1.29, 1.82) is 0 Å². The van der Waals surface area contributed by atoms with Crippen LogP contribution in [0.3, 0.4) is 0 Å². The number of tetrazole rings is 1. The van der Waals surface area contributed by atoms with Crippen molar-refractivity contribution in [2.24, 2.45) is 0 Å². The standard InChI is InChI=1S/C29H29BrN6O/c1-3-4-5-10-23-19-36(27-20(2)9-8-13-26(27)30)29(37)35(23)18-21-14-16-22(17-15-21)24-11-6-7-12-25(24)28-31-33-34-32-28/h6-9,11-17,19H,3-5,10,18H2,1-2H3,(H,31,32,33,34). The van der Waals surface area contributed by atoms with Crippen molar-refractivity contribution >= 4 is 15.9 Å². The van der Waals surface area contributed by atoms with Crippen molar-refractivity contribution in [3.8, 4) is 28.2 Å². The lowest BCUT2D eigenvalue weighted by Crippen LogP contribution is -2.25. The minimum atomic E-state index is -0.0203. The Balaban J connectivity index is 1.48. The maximum absolute atomic E-state index is 13.7. The summed E-state index contributed by atoms with van der Waals surface area (Å²) < 4.78 is 4.61. The lowest BCUT2D eigenvalue weighted by Gasteiger charge is -2.10. The highest BCUT2D eigenvalue weighted by Gasteiger charge is 2.17. The number of nitrogens with zero attached hydrogens (tertiary/aromatic N) is 5. The topological polar surface area (TPSA) is 81.4 Å². The molecule has 1 N–H and O–H groups in total. The van der Waals surface area contributed by atoms with Gasteiger partial charge in [0.15, 0.2) is 0 Å². The number of aromatic nitrogens is 6. The van der Waals surface area contributed by atoms with Crippen LogP contribution in [-0.2, 0) is 13.0 Å². The van der Waals surface area contributed by atoms with Crippen molar-refractivity contribution < 1.29 is 0 Å². The number of para-hydroxylation sites is 1. The minimum absolute atomic E-state index is 0.0203. The summed E-state index contributed by atoms with van der Waals surface area (Å²) in [5, 5.41) is 14.5. The average molecular weight is 557 g/mol. The highest BCUT2D eigenvalue weighted by molar-refractivity contribution is 9.10. The second-order valence-corrected chi connectivity index (χ2v) is 10.1. The van der Waals surface area contributed by atoms with E-state index in [1.165, 1.54) is 0 Å². The summed E-state index contributed by atoms with van der Waals surface area (Å²) in [6, 6.07) is 22.4. The lowest BCUT2D eigenvalue weighted by atomic mass is 9.98. The Kier molecular flexibility index (Phi) is 7.46. The minimum Gasteiger partial charge on any atom is -0.292 e. The molecule has 0 fully saturated rings. The summed E-state index contributed by atoms with van der Waals surface area (Å²) in [6.45, 7) is 4.75. The van der Waals surface area contributed by atoms with E-state index in [9.17, 15) is 4.79 Å². The van der Waals surface area contributed by atoms with Gasteiger partial charge in [0.2, 0.25) is 5.82 Å². The molecule has 8 heteroatoms. The molecule has 0 radical (unpaired) electrons. The van der Waals surface area contributed by atoms with Gasteiger partial charge in [0, 0.05) is 21.9 Å². The Labute approximate surface area is 224 Å². The normalized spacial score (nSPS) is 11.2. The number of aryl methyl sites for hydroxylation is 2. The first-order valence-electron chi connectivity index (χ1n) is 12.6. The number of halogens is 1. The summed E-state index contributed by atoms with van der Waals surface area (Å²) in [4.78, 5) is 13.7. The lowest BCUT2D eigenvalue weighted by molar-refractivity contribution is 0.653. The molecule has 0 atom stereocenters. The third kappa shape index (κ3) is 5.20. The maximum atomic E-state index is 13.7. The van der Waals surface area contributed by atoms with Gasteiger partial charge in [-0.1, -0.05) is 80.4 Å². The van der Waals surface area contributed by atoms with E-state index in [-0.39, 0.29) is 5.69 Å². The second kappa shape index (κ2) is 11.1. The van der Waals surface area contributed by atoms with Crippen LogP contribution in [0.25, 0.3) is 28.2 Å². The first kappa shape index (κ1) is 24.9. The number of imidazole rings is 1. The van der Waals surface area contributed by atoms with E-state index in [1.54, 1.807) is 4.57 Å². The summed E-state index contributed by atoms with van der Waals surface area (Å²) in [6.07, 6.45) is 6.22. The molecule has 2 heterocycles. The van der Waals surface area contributed by atoms with E-state index < -0.39 is 0 Å². The van der Waals surface area contributed by atoms with Crippen molar-refractivity contribution in [1.82, 2.24) is 29.8 Å². The molecule has 188 valence electrons. The van der Waals surface area contributed by atoms with Crippen LogP contribution in [-0.4, -0.2) is 29.8 Å².